The Morgan fingerprint density at radius 2 is 1.52 bits per heavy atom. The van der Waals surface area contributed by atoms with Crippen LogP contribution in [0, 0.1) is 0 Å². The molecule has 2 aromatic rings. The van der Waals surface area contributed by atoms with Gasteiger partial charge < -0.3 is 36.2 Å². The molecular weight excluding hydrogens is 568 g/mol. The van der Waals surface area contributed by atoms with Crippen LogP contribution in [0.5, 0.6) is 5.75 Å². The van der Waals surface area contributed by atoms with E-state index in [0.717, 1.165) is 18.2 Å². The standard InChI is InChI=1S/C32H36N2O8.CH4O/c1-3-23-24-12-9-21(19-26(24)32(25(23)4-2,15-13-29(38)39)16-14-30(40)41)33-31(42)27(34-28(37)6-5-17-35)18-20-7-10-22(36)11-8-20;1-2/h3-4,7-12,19,27,35-36H,1-2,5-6,13-18H2,(H,33,42)(H,34,37)(H,38,39)(H,40,41);2H,1H3. The van der Waals surface area contributed by atoms with Crippen molar-refractivity contribution in [3.63, 3.8) is 0 Å². The number of allylic oxidation sites excluding steroid dienone is 4. The van der Waals surface area contributed by atoms with Gasteiger partial charge in [-0.3, -0.25) is 19.2 Å². The first-order chi connectivity index (χ1) is 21.0. The molecule has 0 aromatic heterocycles. The molecule has 0 heterocycles. The highest BCUT2D eigenvalue weighted by molar-refractivity contribution is 5.98. The van der Waals surface area contributed by atoms with Crippen LogP contribution >= 0.6 is 0 Å². The molecule has 1 atom stereocenters. The minimum atomic E-state index is -1.03. The highest BCUT2D eigenvalue weighted by atomic mass is 16.4. The van der Waals surface area contributed by atoms with Crippen LogP contribution in [0.3, 0.4) is 0 Å². The van der Waals surface area contributed by atoms with Crippen molar-refractivity contribution in [1.82, 2.24) is 5.32 Å². The maximum atomic E-state index is 13.5. The normalized spacial score (nSPS) is 13.5. The highest BCUT2D eigenvalue weighted by Crippen LogP contribution is 2.53. The average molecular weight is 609 g/mol. The van der Waals surface area contributed by atoms with Gasteiger partial charge in [-0.05, 0) is 71.4 Å². The number of carbonyl (C=O) groups is 4. The largest absolute Gasteiger partial charge is 0.508 e. The summed E-state index contributed by atoms with van der Waals surface area (Å²) in [5.74, 6) is -2.92. The van der Waals surface area contributed by atoms with Crippen LogP contribution < -0.4 is 10.6 Å². The summed E-state index contributed by atoms with van der Waals surface area (Å²) >= 11 is 0. The zero-order chi connectivity index (χ0) is 32.9. The van der Waals surface area contributed by atoms with Gasteiger partial charge >= 0.3 is 11.9 Å². The number of hydrogen-bond donors (Lipinski definition) is 7. The first kappa shape index (κ1) is 35.5. The molecule has 1 aliphatic rings. The van der Waals surface area contributed by atoms with E-state index in [0.29, 0.717) is 22.4 Å². The fraction of sp³-hybridized carbons (Fsp3) is 0.333. The molecule has 236 valence electrons. The minimum Gasteiger partial charge on any atom is -0.508 e. The van der Waals surface area contributed by atoms with E-state index in [4.69, 9.17) is 10.2 Å². The number of phenolic OH excluding ortho intramolecular Hbond substituents is 1. The minimum absolute atomic E-state index is 0.0324. The fourth-order valence-electron chi connectivity index (χ4n) is 5.44. The molecule has 0 aliphatic heterocycles. The molecule has 1 unspecified atom stereocenters. The number of fused-ring (bicyclic) bond motifs is 1. The van der Waals surface area contributed by atoms with Crippen molar-refractivity contribution in [3.05, 3.63) is 90.0 Å². The second kappa shape index (κ2) is 16.8. The maximum Gasteiger partial charge on any atom is 0.303 e. The smallest absolute Gasteiger partial charge is 0.303 e. The van der Waals surface area contributed by atoms with Gasteiger partial charge in [0.15, 0.2) is 0 Å². The van der Waals surface area contributed by atoms with Gasteiger partial charge in [0.25, 0.3) is 0 Å². The van der Waals surface area contributed by atoms with E-state index < -0.39 is 35.2 Å². The predicted molar refractivity (Wildman–Crippen MR) is 166 cm³/mol. The quantitative estimate of drug-likeness (QED) is 0.149. The summed E-state index contributed by atoms with van der Waals surface area (Å²) in [4.78, 5) is 49.2. The van der Waals surface area contributed by atoms with Crippen LogP contribution in [0.2, 0.25) is 0 Å². The Hall–Kier alpha value is -4.74. The number of carbonyl (C=O) groups excluding carboxylic acids is 2. The van der Waals surface area contributed by atoms with Crippen LogP contribution in [0.4, 0.5) is 5.69 Å². The van der Waals surface area contributed by atoms with Crippen LogP contribution in [0.1, 0.15) is 55.2 Å². The van der Waals surface area contributed by atoms with E-state index >= 15 is 0 Å². The Labute approximate surface area is 256 Å². The lowest BCUT2D eigenvalue weighted by Gasteiger charge is -2.33. The molecule has 0 spiro atoms. The van der Waals surface area contributed by atoms with Gasteiger partial charge in [0, 0.05) is 50.5 Å². The molecule has 0 saturated carbocycles. The third-order valence-electron chi connectivity index (χ3n) is 7.43. The number of aromatic hydroxyl groups is 1. The molecule has 7 N–H and O–H groups in total. The van der Waals surface area contributed by atoms with Crippen molar-refractivity contribution in [2.45, 2.75) is 56.4 Å². The fourth-order valence-corrected chi connectivity index (χ4v) is 5.44. The second-order valence-electron chi connectivity index (χ2n) is 10.2. The SMILES string of the molecule is C=CC1=C(C=C)C(CCC(=O)O)(CCC(=O)O)c2cc(NC(=O)C(Cc3ccc(O)cc3)NC(=O)CCCO)ccc21.CO. The van der Waals surface area contributed by atoms with Crippen molar-refractivity contribution >= 4 is 35.0 Å². The van der Waals surface area contributed by atoms with Crippen LogP contribution in [-0.4, -0.2) is 69.0 Å². The van der Waals surface area contributed by atoms with Crippen LogP contribution in [0.25, 0.3) is 5.57 Å². The molecule has 3 rings (SSSR count). The Morgan fingerprint density at radius 1 is 0.909 bits per heavy atom. The number of nitrogens with one attached hydrogen (secondary N) is 2. The third kappa shape index (κ3) is 8.88. The maximum absolute atomic E-state index is 13.5. The average Bonchev–Trinajstić information content (AvgIpc) is 3.27. The van der Waals surface area contributed by atoms with E-state index in [9.17, 15) is 34.5 Å². The summed E-state index contributed by atoms with van der Waals surface area (Å²) in [6.07, 6.45) is 3.44. The highest BCUT2D eigenvalue weighted by Gasteiger charge is 2.43. The van der Waals surface area contributed by atoms with Gasteiger partial charge in [-0.25, -0.2) is 0 Å². The number of benzene rings is 2. The summed E-state index contributed by atoms with van der Waals surface area (Å²) in [6, 6.07) is 10.4. The molecule has 2 aromatic carbocycles. The van der Waals surface area contributed by atoms with Crippen molar-refractivity contribution < 1.29 is 44.7 Å². The van der Waals surface area contributed by atoms with E-state index in [1.165, 1.54) is 12.1 Å². The van der Waals surface area contributed by atoms with Crippen molar-refractivity contribution in [2.75, 3.05) is 19.0 Å². The van der Waals surface area contributed by atoms with Crippen molar-refractivity contribution in [2.24, 2.45) is 0 Å². The van der Waals surface area contributed by atoms with Gasteiger partial charge in [-0.2, -0.15) is 0 Å². The van der Waals surface area contributed by atoms with Gasteiger partial charge in [-0.1, -0.05) is 43.5 Å². The Kier molecular flexibility index (Phi) is 13.5. The predicted octanol–water partition coefficient (Wildman–Crippen LogP) is 3.55. The van der Waals surface area contributed by atoms with Gasteiger partial charge in [0.05, 0.1) is 0 Å². The number of phenols is 1. The number of aliphatic carboxylic acids is 2. The summed E-state index contributed by atoms with van der Waals surface area (Å²) < 4.78 is 0. The number of carboxylic acids is 2. The number of carboxylic acid groups (broad SMARTS) is 2. The number of rotatable bonds is 16. The number of anilines is 1. The third-order valence-corrected chi connectivity index (χ3v) is 7.43. The number of aliphatic hydroxyl groups excluding tert-OH is 2. The first-order valence-electron chi connectivity index (χ1n) is 14.1. The number of aliphatic hydroxyl groups is 2. The number of amides is 2. The van der Waals surface area contributed by atoms with Gasteiger partial charge in [-0.15, -0.1) is 0 Å². The molecule has 0 saturated heterocycles. The number of hydrogen-bond acceptors (Lipinski definition) is 7. The summed E-state index contributed by atoms with van der Waals surface area (Å²) in [5.41, 5.74) is 2.89. The zero-order valence-corrected chi connectivity index (χ0v) is 24.7. The van der Waals surface area contributed by atoms with Crippen LogP contribution in [-0.2, 0) is 31.0 Å². The van der Waals surface area contributed by atoms with E-state index in [1.807, 2.05) is 0 Å². The molecule has 11 nitrogen and oxygen atoms in total. The summed E-state index contributed by atoms with van der Waals surface area (Å²) in [7, 11) is 1.00. The van der Waals surface area contributed by atoms with E-state index in [2.05, 4.69) is 23.8 Å². The van der Waals surface area contributed by atoms with Gasteiger partial charge in [0.2, 0.25) is 11.8 Å². The summed E-state index contributed by atoms with van der Waals surface area (Å²) in [5, 5.41) is 50.2. The molecule has 0 radical (unpaired) electrons. The molecule has 0 fully saturated rings. The van der Waals surface area contributed by atoms with Crippen molar-refractivity contribution in [1.29, 1.82) is 0 Å². The Morgan fingerprint density at radius 3 is 2.05 bits per heavy atom. The molecule has 0 bridgehead atoms. The molecule has 11 heteroatoms. The molecular formula is C33H40N2O9. The van der Waals surface area contributed by atoms with E-state index in [1.54, 1.807) is 42.5 Å². The zero-order valence-electron chi connectivity index (χ0n) is 24.7. The molecule has 44 heavy (non-hydrogen) atoms. The molecule has 1 aliphatic carbocycles. The second-order valence-corrected chi connectivity index (χ2v) is 10.2. The monoisotopic (exact) mass is 608 g/mol. The van der Waals surface area contributed by atoms with Crippen molar-refractivity contribution in [3.8, 4) is 5.75 Å². The summed E-state index contributed by atoms with van der Waals surface area (Å²) in [6.45, 7) is 7.65. The Balaban J connectivity index is 0.00000330. The Bertz CT molecular complexity index is 1380. The lowest BCUT2D eigenvalue weighted by molar-refractivity contribution is -0.137. The van der Waals surface area contributed by atoms with Crippen LogP contribution in [0.15, 0.2) is 73.3 Å². The lowest BCUT2D eigenvalue weighted by Crippen LogP contribution is -2.45. The van der Waals surface area contributed by atoms with Gasteiger partial charge in [0.1, 0.15) is 11.8 Å². The topological polar surface area (TPSA) is 193 Å². The lowest BCUT2D eigenvalue weighted by atomic mass is 9.70. The molecule has 2 amide bonds. The first-order valence-corrected chi connectivity index (χ1v) is 14.1. The van der Waals surface area contributed by atoms with E-state index in [-0.39, 0.29) is 57.3 Å².